The van der Waals surface area contributed by atoms with Gasteiger partial charge in [-0.25, -0.2) is 0 Å². The highest BCUT2D eigenvalue weighted by atomic mass is 32.2. The average molecular weight is 463 g/mol. The molecule has 2 unspecified atom stereocenters. The van der Waals surface area contributed by atoms with Gasteiger partial charge in [-0.2, -0.15) is 21.6 Å². The van der Waals surface area contributed by atoms with Gasteiger partial charge in [0.15, 0.2) is 0 Å². The monoisotopic (exact) mass is 463 g/mol. The third kappa shape index (κ3) is 4.44. The van der Waals surface area contributed by atoms with E-state index in [1.54, 1.807) is 29.0 Å². The summed E-state index contributed by atoms with van der Waals surface area (Å²) in [6.45, 7) is 0.273. The summed E-state index contributed by atoms with van der Waals surface area (Å²) in [5, 5.41) is 10.8. The van der Waals surface area contributed by atoms with Crippen LogP contribution in [0.3, 0.4) is 0 Å². The second-order valence-corrected chi connectivity index (χ2v) is 9.23. The summed E-state index contributed by atoms with van der Waals surface area (Å²) < 4.78 is 69.1. The maximum absolute atomic E-state index is 12.8. The Morgan fingerprint density at radius 2 is 1.69 bits per heavy atom. The first-order valence-electron chi connectivity index (χ1n) is 9.83. The Morgan fingerprint density at radius 1 is 1.00 bits per heavy atom. The van der Waals surface area contributed by atoms with E-state index in [-0.39, 0.29) is 23.8 Å². The molecule has 32 heavy (non-hydrogen) atoms. The number of alkyl halides is 3. The largest absolute Gasteiger partial charge is 0.516 e. The molecule has 0 bridgehead atoms. The van der Waals surface area contributed by atoms with E-state index < -0.39 is 21.6 Å². The molecule has 0 fully saturated rings. The summed E-state index contributed by atoms with van der Waals surface area (Å²) in [6.07, 6.45) is -0.141. The maximum Gasteiger partial charge on any atom is 0.516 e. The van der Waals surface area contributed by atoms with E-state index in [9.17, 15) is 26.7 Å². The van der Waals surface area contributed by atoms with E-state index in [2.05, 4.69) is 0 Å². The van der Waals surface area contributed by atoms with Crippen molar-refractivity contribution in [2.45, 2.75) is 18.0 Å². The second-order valence-electron chi connectivity index (χ2n) is 7.56. The Bertz CT molecular complexity index is 1210. The molecular weight excluding hydrogens is 443 g/mol. The molecule has 168 valence electrons. The highest BCUT2D eigenvalue weighted by Crippen LogP contribution is 2.41. The minimum atomic E-state index is -5.57. The Morgan fingerprint density at radius 3 is 2.41 bits per heavy atom. The minimum Gasteiger partial charge on any atom is -0.493 e. The van der Waals surface area contributed by atoms with Crippen molar-refractivity contribution in [1.29, 1.82) is 0 Å². The smallest absolute Gasteiger partial charge is 0.493 e. The SMILES string of the molecule is O=S(=O)(Nc1ccccc1-c1ccc2c(c1)OCC(Cc1ccccc1)C2O)C(F)(F)F. The molecular formula is C23H20F3NO4S. The van der Waals surface area contributed by atoms with Crippen molar-refractivity contribution in [1.82, 2.24) is 0 Å². The third-order valence-corrected chi connectivity index (χ3v) is 6.46. The number of rotatable bonds is 5. The fraction of sp³-hybridized carbons (Fsp3) is 0.217. The van der Waals surface area contributed by atoms with Gasteiger partial charge in [-0.3, -0.25) is 4.72 Å². The van der Waals surface area contributed by atoms with Crippen molar-refractivity contribution >= 4 is 15.7 Å². The van der Waals surface area contributed by atoms with Crippen molar-refractivity contribution in [3.05, 3.63) is 83.9 Å². The Kier molecular flexibility index (Phi) is 5.87. The predicted octanol–water partition coefficient (Wildman–Crippen LogP) is 4.90. The Hall–Kier alpha value is -3.04. The lowest BCUT2D eigenvalue weighted by molar-refractivity contribution is -0.0429. The van der Waals surface area contributed by atoms with Gasteiger partial charge in [-0.05, 0) is 29.7 Å². The van der Waals surface area contributed by atoms with E-state index in [4.69, 9.17) is 4.74 Å². The Labute approximate surface area is 183 Å². The number of halogens is 3. The summed E-state index contributed by atoms with van der Waals surface area (Å²) >= 11 is 0. The molecule has 0 amide bonds. The van der Waals surface area contributed by atoms with E-state index in [1.165, 1.54) is 18.2 Å². The van der Waals surface area contributed by atoms with E-state index in [0.29, 0.717) is 23.3 Å². The van der Waals surface area contributed by atoms with Gasteiger partial charge in [-0.1, -0.05) is 60.7 Å². The molecule has 1 aliphatic heterocycles. The summed E-state index contributed by atoms with van der Waals surface area (Å²) in [7, 11) is -5.57. The zero-order chi connectivity index (χ0) is 22.9. The highest BCUT2D eigenvalue weighted by Gasteiger charge is 2.46. The van der Waals surface area contributed by atoms with Gasteiger partial charge in [0, 0.05) is 17.0 Å². The number of aliphatic hydroxyl groups excluding tert-OH is 1. The van der Waals surface area contributed by atoms with Crippen LogP contribution in [0.2, 0.25) is 0 Å². The van der Waals surface area contributed by atoms with E-state index >= 15 is 0 Å². The lowest BCUT2D eigenvalue weighted by atomic mass is 9.87. The predicted molar refractivity (Wildman–Crippen MR) is 115 cm³/mol. The molecule has 3 aromatic rings. The molecule has 0 saturated heterocycles. The second kappa shape index (κ2) is 8.48. The number of fused-ring (bicyclic) bond motifs is 1. The van der Waals surface area contributed by atoms with E-state index in [0.717, 1.165) is 5.56 Å². The van der Waals surface area contributed by atoms with Crippen LogP contribution < -0.4 is 9.46 Å². The molecule has 0 spiro atoms. The number of benzene rings is 3. The zero-order valence-electron chi connectivity index (χ0n) is 16.7. The number of hydrogen-bond donors (Lipinski definition) is 2. The fourth-order valence-electron chi connectivity index (χ4n) is 3.73. The number of sulfonamides is 1. The first kappa shape index (κ1) is 22.2. The van der Waals surface area contributed by atoms with Gasteiger partial charge < -0.3 is 9.84 Å². The molecule has 2 N–H and O–H groups in total. The van der Waals surface area contributed by atoms with Crippen LogP contribution in [-0.4, -0.2) is 25.6 Å². The van der Waals surface area contributed by atoms with Crippen molar-refractivity contribution in [3.8, 4) is 16.9 Å². The molecule has 0 saturated carbocycles. The van der Waals surface area contributed by atoms with Gasteiger partial charge in [0.05, 0.1) is 18.4 Å². The molecule has 1 heterocycles. The minimum absolute atomic E-state index is 0.151. The van der Waals surface area contributed by atoms with Gasteiger partial charge in [0.25, 0.3) is 0 Å². The fourth-order valence-corrected chi connectivity index (χ4v) is 4.31. The summed E-state index contributed by atoms with van der Waals surface area (Å²) in [5.74, 6) is 0.259. The van der Waals surface area contributed by atoms with Crippen LogP contribution in [0.15, 0.2) is 72.8 Å². The van der Waals surface area contributed by atoms with Crippen LogP contribution in [0.5, 0.6) is 5.75 Å². The first-order valence-corrected chi connectivity index (χ1v) is 11.3. The van der Waals surface area contributed by atoms with Crippen LogP contribution in [0.25, 0.3) is 11.1 Å². The van der Waals surface area contributed by atoms with Crippen molar-refractivity contribution in [3.63, 3.8) is 0 Å². The lowest BCUT2D eigenvalue weighted by Crippen LogP contribution is -2.30. The molecule has 4 rings (SSSR count). The molecule has 0 aromatic heterocycles. The van der Waals surface area contributed by atoms with Crippen molar-refractivity contribution in [2.75, 3.05) is 11.3 Å². The normalized spacial score (nSPS) is 18.5. The number of para-hydroxylation sites is 1. The number of ether oxygens (including phenoxy) is 1. The lowest BCUT2D eigenvalue weighted by Gasteiger charge is -2.31. The average Bonchev–Trinajstić information content (AvgIpc) is 2.75. The van der Waals surface area contributed by atoms with E-state index in [1.807, 2.05) is 30.3 Å². The summed E-state index contributed by atoms with van der Waals surface area (Å²) in [6, 6.07) is 20.4. The van der Waals surface area contributed by atoms with Crippen LogP contribution in [0.1, 0.15) is 17.2 Å². The van der Waals surface area contributed by atoms with Crippen LogP contribution in [0, 0.1) is 5.92 Å². The zero-order valence-corrected chi connectivity index (χ0v) is 17.5. The number of aliphatic hydroxyl groups is 1. The number of nitrogens with one attached hydrogen (secondary N) is 1. The topological polar surface area (TPSA) is 75.6 Å². The van der Waals surface area contributed by atoms with Crippen LogP contribution in [0.4, 0.5) is 18.9 Å². The maximum atomic E-state index is 12.8. The number of hydrogen-bond acceptors (Lipinski definition) is 4. The van der Waals surface area contributed by atoms with Gasteiger partial charge in [0.2, 0.25) is 0 Å². The summed E-state index contributed by atoms with van der Waals surface area (Å²) in [5.41, 5.74) is -3.27. The van der Waals surface area contributed by atoms with Crippen LogP contribution >= 0.6 is 0 Å². The van der Waals surface area contributed by atoms with Crippen molar-refractivity contribution in [2.24, 2.45) is 5.92 Å². The number of anilines is 1. The highest BCUT2D eigenvalue weighted by molar-refractivity contribution is 7.93. The summed E-state index contributed by atoms with van der Waals surface area (Å²) in [4.78, 5) is 0. The molecule has 2 atom stereocenters. The third-order valence-electron chi connectivity index (χ3n) is 5.36. The molecule has 0 aliphatic carbocycles. The van der Waals surface area contributed by atoms with Crippen LogP contribution in [-0.2, 0) is 16.4 Å². The van der Waals surface area contributed by atoms with Gasteiger partial charge >= 0.3 is 15.5 Å². The van der Waals surface area contributed by atoms with Gasteiger partial charge in [-0.15, -0.1) is 0 Å². The quantitative estimate of drug-likeness (QED) is 0.565. The molecule has 3 aromatic carbocycles. The molecule has 9 heteroatoms. The molecule has 1 aliphatic rings. The standard InChI is InChI=1S/C23H20F3NO4S/c24-23(25,26)32(29,30)27-20-9-5-4-8-18(20)16-10-11-19-21(13-16)31-14-17(22(19)28)12-15-6-2-1-3-7-15/h1-11,13,17,22,27-28H,12,14H2. The molecule has 5 nitrogen and oxygen atoms in total. The van der Waals surface area contributed by atoms with Gasteiger partial charge in [0.1, 0.15) is 5.75 Å². The van der Waals surface area contributed by atoms with Crippen molar-refractivity contribution < 1.29 is 31.4 Å². The Balaban J connectivity index is 1.61. The first-order chi connectivity index (χ1) is 15.2. The molecule has 0 radical (unpaired) electrons.